The van der Waals surface area contributed by atoms with Gasteiger partial charge in [-0.05, 0) is 0 Å². The fraction of sp³-hybridized carbons (Fsp3) is 0.333. The van der Waals surface area contributed by atoms with E-state index in [1.54, 1.807) is 0 Å². The van der Waals surface area contributed by atoms with Gasteiger partial charge in [-0.2, -0.15) is 0 Å². The molecule has 18 heavy (non-hydrogen) atoms. The maximum Gasteiger partial charge on any atom is 0.276 e. The minimum atomic E-state index is -0.567. The van der Waals surface area contributed by atoms with Crippen LogP contribution in [0.5, 0.6) is 0 Å². The number of nitrogens with two attached hydrogens (primary N) is 1. The molecule has 0 aromatic carbocycles. The number of carbonyl (C=O) groups is 1. The number of rotatable bonds is 7. The third-order valence-electron chi connectivity index (χ3n) is 1.79. The van der Waals surface area contributed by atoms with Crippen molar-refractivity contribution in [1.29, 1.82) is 0 Å². The van der Waals surface area contributed by atoms with Crippen LogP contribution in [0.3, 0.4) is 0 Å². The van der Waals surface area contributed by atoms with E-state index in [0.29, 0.717) is 6.54 Å². The van der Waals surface area contributed by atoms with Gasteiger partial charge in [-0.1, -0.05) is 11.6 Å². The van der Waals surface area contributed by atoms with Gasteiger partial charge in [0.1, 0.15) is 17.6 Å². The van der Waals surface area contributed by atoms with E-state index in [2.05, 4.69) is 10.3 Å². The molecule has 1 rings (SSSR count). The maximum atomic E-state index is 10.6. The Kier molecular flexibility index (Phi) is 5.28. The first-order chi connectivity index (χ1) is 8.49. The van der Waals surface area contributed by atoms with Gasteiger partial charge in [-0.15, -0.1) is 0 Å². The highest BCUT2D eigenvalue weighted by atomic mass is 35.5. The van der Waals surface area contributed by atoms with Crippen molar-refractivity contribution in [2.45, 2.75) is 0 Å². The molecule has 0 bridgehead atoms. The molecule has 0 radical (unpaired) electrons. The molecule has 0 saturated heterocycles. The first-order valence-electron chi connectivity index (χ1n) is 4.91. The van der Waals surface area contributed by atoms with E-state index in [4.69, 9.17) is 22.1 Å². The number of aromatic nitrogens is 1. The summed E-state index contributed by atoms with van der Waals surface area (Å²) in [7, 11) is 0. The summed E-state index contributed by atoms with van der Waals surface area (Å²) < 4.78 is 4.89. The number of ether oxygens (including phenoxy) is 1. The molecule has 0 spiro atoms. The number of carbonyl (C=O) groups excluding carboxylic acids is 1. The van der Waals surface area contributed by atoms with Crippen molar-refractivity contribution in [1.82, 2.24) is 4.98 Å². The van der Waals surface area contributed by atoms with Crippen LogP contribution in [0.2, 0.25) is 5.15 Å². The summed E-state index contributed by atoms with van der Waals surface area (Å²) in [5.74, 6) is -0.302. The topological polar surface area (TPSA) is 120 Å². The molecule has 0 aliphatic carbocycles. The number of pyridine rings is 1. The highest BCUT2D eigenvalue weighted by Crippen LogP contribution is 2.20. The number of primary amides is 1. The average Bonchev–Trinajstić information content (AvgIpc) is 2.27. The van der Waals surface area contributed by atoms with Crippen LogP contribution < -0.4 is 11.1 Å². The lowest BCUT2D eigenvalue weighted by Crippen LogP contribution is -2.20. The lowest BCUT2D eigenvalue weighted by Gasteiger charge is -2.05. The van der Waals surface area contributed by atoms with Crippen LogP contribution in [-0.4, -0.2) is 35.6 Å². The van der Waals surface area contributed by atoms with Gasteiger partial charge in [0.15, 0.2) is 0 Å². The third-order valence-corrected chi connectivity index (χ3v) is 1.98. The Hall–Kier alpha value is -1.93. The number of halogens is 1. The normalized spacial score (nSPS) is 10.1. The highest BCUT2D eigenvalue weighted by molar-refractivity contribution is 6.29. The quantitative estimate of drug-likeness (QED) is 0.324. The van der Waals surface area contributed by atoms with Gasteiger partial charge < -0.3 is 15.8 Å². The summed E-state index contributed by atoms with van der Waals surface area (Å²) in [6.45, 7) is 0.355. The zero-order valence-corrected chi connectivity index (χ0v) is 10.0. The van der Waals surface area contributed by atoms with Gasteiger partial charge in [0, 0.05) is 6.54 Å². The number of hydrogen-bond donors (Lipinski definition) is 2. The molecule has 0 aliphatic heterocycles. The average molecular weight is 275 g/mol. The number of anilines is 1. The van der Waals surface area contributed by atoms with Crippen molar-refractivity contribution in [3.63, 3.8) is 0 Å². The van der Waals surface area contributed by atoms with Crippen LogP contribution in [0.25, 0.3) is 0 Å². The van der Waals surface area contributed by atoms with Gasteiger partial charge in [0.05, 0.1) is 23.7 Å². The van der Waals surface area contributed by atoms with Crippen molar-refractivity contribution < 1.29 is 14.5 Å². The van der Waals surface area contributed by atoms with Crippen molar-refractivity contribution in [3.8, 4) is 0 Å². The lowest BCUT2D eigenvalue weighted by molar-refractivity contribution is -0.384. The van der Waals surface area contributed by atoms with Gasteiger partial charge in [0.25, 0.3) is 5.69 Å². The fourth-order valence-electron chi connectivity index (χ4n) is 1.10. The number of hydrogen-bond acceptors (Lipinski definition) is 6. The zero-order chi connectivity index (χ0) is 13.5. The molecular formula is C9H11ClN4O4. The lowest BCUT2D eigenvalue weighted by atomic mass is 10.4. The SMILES string of the molecule is NC(=O)COCCNc1cc([N+](=O)[O-])cc(Cl)n1. The van der Waals surface area contributed by atoms with Gasteiger partial charge in [-0.3, -0.25) is 14.9 Å². The Bertz CT molecular complexity index is 454. The second kappa shape index (κ2) is 6.72. The predicted molar refractivity (Wildman–Crippen MR) is 64.4 cm³/mol. The van der Waals surface area contributed by atoms with E-state index in [-0.39, 0.29) is 29.9 Å². The van der Waals surface area contributed by atoms with Crippen LogP contribution in [0, 0.1) is 10.1 Å². The molecule has 0 saturated carbocycles. The summed E-state index contributed by atoms with van der Waals surface area (Å²) in [6, 6.07) is 2.40. The van der Waals surface area contributed by atoms with Crippen molar-refractivity contribution >= 4 is 29.0 Å². The Balaban J connectivity index is 2.47. The molecule has 9 heteroatoms. The van der Waals surface area contributed by atoms with Crippen molar-refractivity contribution in [2.24, 2.45) is 5.73 Å². The Morgan fingerprint density at radius 1 is 1.61 bits per heavy atom. The minimum Gasteiger partial charge on any atom is -0.370 e. The molecule has 3 N–H and O–H groups in total. The van der Waals surface area contributed by atoms with Gasteiger partial charge in [0.2, 0.25) is 5.91 Å². The fourth-order valence-corrected chi connectivity index (χ4v) is 1.31. The summed E-state index contributed by atoms with van der Waals surface area (Å²) >= 11 is 5.63. The minimum absolute atomic E-state index is 0.0183. The predicted octanol–water partition coefficient (Wildman–Crippen LogP) is 0.557. The summed E-state index contributed by atoms with van der Waals surface area (Å²) in [6.07, 6.45) is 0. The van der Waals surface area contributed by atoms with E-state index >= 15 is 0 Å². The Morgan fingerprint density at radius 2 is 2.33 bits per heavy atom. The molecule has 0 aliphatic rings. The number of nitrogens with one attached hydrogen (secondary N) is 1. The van der Waals surface area contributed by atoms with E-state index in [0.717, 1.165) is 6.07 Å². The molecular weight excluding hydrogens is 264 g/mol. The molecule has 1 aromatic rings. The Labute approximate surface area is 107 Å². The van der Waals surface area contributed by atoms with E-state index in [1.165, 1.54) is 6.07 Å². The van der Waals surface area contributed by atoms with Crippen LogP contribution >= 0.6 is 11.6 Å². The molecule has 1 heterocycles. The van der Waals surface area contributed by atoms with E-state index in [9.17, 15) is 14.9 Å². The smallest absolute Gasteiger partial charge is 0.276 e. The first-order valence-corrected chi connectivity index (χ1v) is 5.28. The second-order valence-corrected chi connectivity index (χ2v) is 3.62. The number of nitrogens with zero attached hydrogens (tertiary/aromatic N) is 2. The molecule has 8 nitrogen and oxygen atoms in total. The first kappa shape index (κ1) is 14.1. The van der Waals surface area contributed by atoms with E-state index in [1.807, 2.05) is 0 Å². The molecule has 1 amide bonds. The molecule has 1 aromatic heterocycles. The maximum absolute atomic E-state index is 10.6. The van der Waals surface area contributed by atoms with Crippen LogP contribution in [0.4, 0.5) is 11.5 Å². The standard InChI is InChI=1S/C9H11ClN4O4/c10-7-3-6(14(16)17)4-9(13-7)12-1-2-18-5-8(11)15/h3-4H,1-2,5H2,(H2,11,15)(H,12,13). The van der Waals surface area contributed by atoms with Crippen LogP contribution in [-0.2, 0) is 9.53 Å². The van der Waals surface area contributed by atoms with Crippen molar-refractivity contribution in [2.75, 3.05) is 25.1 Å². The van der Waals surface area contributed by atoms with Gasteiger partial charge >= 0.3 is 0 Å². The molecule has 0 fully saturated rings. The van der Waals surface area contributed by atoms with Crippen molar-refractivity contribution in [3.05, 3.63) is 27.4 Å². The third kappa shape index (κ3) is 4.93. The summed E-state index contributed by atoms with van der Waals surface area (Å²) in [5, 5.41) is 13.4. The largest absolute Gasteiger partial charge is 0.370 e. The molecule has 98 valence electrons. The Morgan fingerprint density at radius 3 is 2.94 bits per heavy atom. The number of nitro groups is 1. The number of amides is 1. The van der Waals surface area contributed by atoms with Gasteiger partial charge in [-0.25, -0.2) is 4.98 Å². The second-order valence-electron chi connectivity index (χ2n) is 3.24. The summed E-state index contributed by atoms with van der Waals surface area (Å²) in [4.78, 5) is 24.2. The van der Waals surface area contributed by atoms with E-state index < -0.39 is 10.8 Å². The molecule has 0 atom stereocenters. The van der Waals surface area contributed by atoms with Crippen LogP contribution in [0.15, 0.2) is 12.1 Å². The zero-order valence-electron chi connectivity index (χ0n) is 9.26. The van der Waals surface area contributed by atoms with Crippen LogP contribution in [0.1, 0.15) is 0 Å². The monoisotopic (exact) mass is 274 g/mol. The summed E-state index contributed by atoms with van der Waals surface area (Å²) in [5.41, 5.74) is 4.71. The highest BCUT2D eigenvalue weighted by Gasteiger charge is 2.09. The molecule has 0 unspecified atom stereocenters.